The van der Waals surface area contributed by atoms with Gasteiger partial charge in [0.1, 0.15) is 0 Å². The first-order valence-corrected chi connectivity index (χ1v) is 7.45. The number of anilines is 1. The van der Waals surface area contributed by atoms with Crippen LogP contribution in [0.4, 0.5) is 5.69 Å². The summed E-state index contributed by atoms with van der Waals surface area (Å²) in [5, 5.41) is 3.52. The fourth-order valence-corrected chi connectivity index (χ4v) is 3.76. The molecule has 2 heterocycles. The molecule has 2 aromatic rings. The summed E-state index contributed by atoms with van der Waals surface area (Å²) in [4.78, 5) is 2.44. The Balaban J connectivity index is 1.89. The zero-order valence-corrected chi connectivity index (χ0v) is 11.9. The van der Waals surface area contributed by atoms with Crippen LogP contribution in [-0.4, -0.2) is 25.0 Å². The summed E-state index contributed by atoms with van der Waals surface area (Å²) in [6, 6.07) is 15.6. The van der Waals surface area contributed by atoms with Crippen LogP contribution in [0.1, 0.15) is 28.2 Å². The second-order valence-corrected chi connectivity index (χ2v) is 6.00. The third-order valence-corrected chi connectivity index (χ3v) is 4.62. The van der Waals surface area contributed by atoms with Crippen molar-refractivity contribution in [1.82, 2.24) is 4.90 Å². The van der Waals surface area contributed by atoms with Gasteiger partial charge >= 0.3 is 0 Å². The van der Waals surface area contributed by atoms with Gasteiger partial charge in [0.05, 0.1) is 0 Å². The fraction of sp³-hybridized carbons (Fsp3) is 0.333. The highest BCUT2D eigenvalue weighted by Crippen LogP contribution is 2.39. The van der Waals surface area contributed by atoms with Crippen LogP contribution in [0.5, 0.6) is 0 Å². The average Bonchev–Trinajstić information content (AvgIpc) is 2.95. The predicted octanol–water partition coefficient (Wildman–Crippen LogP) is 3.23. The third-order valence-electron chi connectivity index (χ3n) is 4.62. The summed E-state index contributed by atoms with van der Waals surface area (Å²) in [6.45, 7) is 3.28. The second-order valence-electron chi connectivity index (χ2n) is 6.00. The molecule has 0 radical (unpaired) electrons. The monoisotopic (exact) mass is 264 g/mol. The van der Waals surface area contributed by atoms with E-state index in [0.29, 0.717) is 5.92 Å². The highest BCUT2D eigenvalue weighted by atomic mass is 15.1. The number of nitrogens with one attached hydrogen (secondary N) is 1. The van der Waals surface area contributed by atoms with Crippen LogP contribution in [0.15, 0.2) is 42.5 Å². The van der Waals surface area contributed by atoms with Crippen molar-refractivity contribution in [3.8, 4) is 0 Å². The molecule has 0 aromatic heterocycles. The molecule has 102 valence electrons. The van der Waals surface area contributed by atoms with E-state index in [0.717, 1.165) is 19.6 Å². The van der Waals surface area contributed by atoms with E-state index in [1.807, 2.05) is 0 Å². The summed E-state index contributed by atoms with van der Waals surface area (Å²) in [6.07, 6.45) is 1.17. The van der Waals surface area contributed by atoms with Gasteiger partial charge in [-0.2, -0.15) is 0 Å². The Morgan fingerprint density at radius 3 is 2.80 bits per heavy atom. The standard InChI is InChI=1S/C18H20N2/c1-20-11-14-7-8-17-15(9-10-19-17)18(14)16(12-20)13-5-3-2-4-6-13/h2-8,16,19H,9-12H2,1H3. The fourth-order valence-electron chi connectivity index (χ4n) is 3.76. The molecular weight excluding hydrogens is 244 g/mol. The lowest BCUT2D eigenvalue weighted by molar-refractivity contribution is 0.294. The topological polar surface area (TPSA) is 15.3 Å². The summed E-state index contributed by atoms with van der Waals surface area (Å²) in [5.41, 5.74) is 7.46. The van der Waals surface area contributed by atoms with E-state index in [-0.39, 0.29) is 0 Å². The molecule has 2 nitrogen and oxygen atoms in total. The minimum Gasteiger partial charge on any atom is -0.384 e. The Labute approximate surface area is 120 Å². The number of fused-ring (bicyclic) bond motifs is 3. The summed E-state index contributed by atoms with van der Waals surface area (Å²) < 4.78 is 0. The van der Waals surface area contributed by atoms with Crippen molar-refractivity contribution in [2.75, 3.05) is 25.5 Å². The van der Waals surface area contributed by atoms with Crippen molar-refractivity contribution in [3.05, 3.63) is 64.7 Å². The molecule has 0 bridgehead atoms. The quantitative estimate of drug-likeness (QED) is 0.850. The van der Waals surface area contributed by atoms with E-state index in [1.165, 1.54) is 23.2 Å². The molecule has 2 aliphatic heterocycles. The molecule has 0 saturated heterocycles. The van der Waals surface area contributed by atoms with E-state index >= 15 is 0 Å². The van der Waals surface area contributed by atoms with Gasteiger partial charge in [-0.3, -0.25) is 0 Å². The lowest BCUT2D eigenvalue weighted by Crippen LogP contribution is -2.31. The molecular formula is C18H20N2. The minimum absolute atomic E-state index is 0.514. The smallest absolute Gasteiger partial charge is 0.0376 e. The zero-order valence-electron chi connectivity index (χ0n) is 11.9. The van der Waals surface area contributed by atoms with E-state index < -0.39 is 0 Å². The Morgan fingerprint density at radius 2 is 1.95 bits per heavy atom. The van der Waals surface area contributed by atoms with Gasteiger partial charge in [0, 0.05) is 31.2 Å². The van der Waals surface area contributed by atoms with Gasteiger partial charge in [-0.25, -0.2) is 0 Å². The van der Waals surface area contributed by atoms with Crippen molar-refractivity contribution in [3.63, 3.8) is 0 Å². The molecule has 2 aromatic carbocycles. The van der Waals surface area contributed by atoms with Crippen LogP contribution in [0.25, 0.3) is 0 Å². The van der Waals surface area contributed by atoms with Crippen LogP contribution in [0.2, 0.25) is 0 Å². The summed E-state index contributed by atoms with van der Waals surface area (Å²) in [7, 11) is 2.23. The number of hydrogen-bond acceptors (Lipinski definition) is 2. The molecule has 0 spiro atoms. The van der Waals surface area contributed by atoms with Gasteiger partial charge in [-0.1, -0.05) is 36.4 Å². The molecule has 4 rings (SSSR count). The normalized spacial score (nSPS) is 21.1. The van der Waals surface area contributed by atoms with E-state index in [4.69, 9.17) is 0 Å². The Bertz CT molecular complexity index is 633. The molecule has 2 aliphatic rings. The van der Waals surface area contributed by atoms with Crippen LogP contribution >= 0.6 is 0 Å². The third kappa shape index (κ3) is 1.83. The molecule has 1 unspecified atom stereocenters. The van der Waals surface area contributed by atoms with Crippen LogP contribution in [0, 0.1) is 0 Å². The molecule has 0 aliphatic carbocycles. The largest absolute Gasteiger partial charge is 0.384 e. The first-order valence-electron chi connectivity index (χ1n) is 7.45. The number of likely N-dealkylation sites (N-methyl/N-ethyl adjacent to an activating group) is 1. The van der Waals surface area contributed by atoms with Gasteiger partial charge in [-0.05, 0) is 41.8 Å². The van der Waals surface area contributed by atoms with Crippen LogP contribution in [-0.2, 0) is 13.0 Å². The SMILES string of the molecule is CN1Cc2ccc3c(c2C(c2ccccc2)C1)CCN3. The zero-order chi connectivity index (χ0) is 13.5. The van der Waals surface area contributed by atoms with Gasteiger partial charge in [0.25, 0.3) is 0 Å². The van der Waals surface area contributed by atoms with Gasteiger partial charge in [-0.15, -0.1) is 0 Å². The van der Waals surface area contributed by atoms with Crippen molar-refractivity contribution in [2.24, 2.45) is 0 Å². The highest BCUT2D eigenvalue weighted by Gasteiger charge is 2.29. The van der Waals surface area contributed by atoms with E-state index in [2.05, 4.69) is 59.7 Å². The summed E-state index contributed by atoms with van der Waals surface area (Å²) in [5.74, 6) is 0.514. The molecule has 2 heteroatoms. The lowest BCUT2D eigenvalue weighted by Gasteiger charge is -2.34. The van der Waals surface area contributed by atoms with Gasteiger partial charge < -0.3 is 10.2 Å². The lowest BCUT2D eigenvalue weighted by atomic mass is 9.81. The molecule has 0 amide bonds. The van der Waals surface area contributed by atoms with Crippen molar-refractivity contribution in [2.45, 2.75) is 18.9 Å². The molecule has 20 heavy (non-hydrogen) atoms. The first kappa shape index (κ1) is 12.0. The maximum atomic E-state index is 3.52. The van der Waals surface area contributed by atoms with Crippen LogP contribution < -0.4 is 5.32 Å². The Hall–Kier alpha value is -1.80. The maximum absolute atomic E-state index is 3.52. The predicted molar refractivity (Wildman–Crippen MR) is 83.3 cm³/mol. The second kappa shape index (κ2) is 4.64. The van der Waals surface area contributed by atoms with Crippen molar-refractivity contribution >= 4 is 5.69 Å². The van der Waals surface area contributed by atoms with E-state index in [9.17, 15) is 0 Å². The Kier molecular flexibility index (Phi) is 2.78. The number of hydrogen-bond donors (Lipinski definition) is 1. The molecule has 0 saturated carbocycles. The van der Waals surface area contributed by atoms with Gasteiger partial charge in [0.15, 0.2) is 0 Å². The summed E-state index contributed by atoms with van der Waals surface area (Å²) >= 11 is 0. The first-order chi connectivity index (χ1) is 9.83. The molecule has 1 atom stereocenters. The van der Waals surface area contributed by atoms with Gasteiger partial charge in [0.2, 0.25) is 0 Å². The number of nitrogens with zero attached hydrogens (tertiary/aromatic N) is 1. The Morgan fingerprint density at radius 1 is 1.10 bits per heavy atom. The molecule has 0 fully saturated rings. The number of benzene rings is 2. The van der Waals surface area contributed by atoms with E-state index in [1.54, 1.807) is 11.1 Å². The van der Waals surface area contributed by atoms with Crippen molar-refractivity contribution < 1.29 is 0 Å². The average molecular weight is 264 g/mol. The van der Waals surface area contributed by atoms with Crippen molar-refractivity contribution in [1.29, 1.82) is 0 Å². The highest BCUT2D eigenvalue weighted by molar-refractivity contribution is 5.63. The maximum Gasteiger partial charge on any atom is 0.0376 e. The minimum atomic E-state index is 0.514. The van der Waals surface area contributed by atoms with Crippen LogP contribution in [0.3, 0.4) is 0 Å². The number of rotatable bonds is 1. The molecule has 1 N–H and O–H groups in total.